The summed E-state index contributed by atoms with van der Waals surface area (Å²) in [5.41, 5.74) is 0. The van der Waals surface area contributed by atoms with E-state index in [1.807, 2.05) is 0 Å². The molecule has 0 saturated carbocycles. The zero-order chi connectivity index (χ0) is 37.6. The molecule has 304 valence electrons. The van der Waals surface area contributed by atoms with Crippen LogP contribution in [0.5, 0.6) is 0 Å². The van der Waals surface area contributed by atoms with Crippen LogP contribution in [-0.2, 0) is 38.3 Å². The van der Waals surface area contributed by atoms with Crippen LogP contribution in [0.15, 0.2) is 0 Å². The van der Waals surface area contributed by atoms with Crippen molar-refractivity contribution in [3.05, 3.63) is 0 Å². The largest absolute Gasteiger partial charge is 0.458 e. The molecule has 1 heterocycles. The first kappa shape index (κ1) is 48.1. The molecule has 12 nitrogen and oxygen atoms in total. The molecule has 0 aromatic rings. The summed E-state index contributed by atoms with van der Waals surface area (Å²) in [5.74, 6) is -0.571. The van der Waals surface area contributed by atoms with Crippen LogP contribution >= 0.6 is 0 Å². The van der Waals surface area contributed by atoms with Crippen molar-refractivity contribution in [2.45, 2.75) is 211 Å². The minimum atomic E-state index is -5.03. The van der Waals surface area contributed by atoms with Crippen molar-refractivity contribution >= 4 is 16.4 Å². The van der Waals surface area contributed by atoms with Gasteiger partial charge >= 0.3 is 16.4 Å². The van der Waals surface area contributed by atoms with E-state index in [1.54, 1.807) is 0 Å². The van der Waals surface area contributed by atoms with Crippen LogP contribution in [0.3, 0.4) is 0 Å². The van der Waals surface area contributed by atoms with Crippen molar-refractivity contribution in [3.8, 4) is 0 Å². The van der Waals surface area contributed by atoms with Crippen molar-refractivity contribution in [2.24, 2.45) is 0 Å². The lowest BCUT2D eigenvalue weighted by molar-refractivity contribution is -0.301. The Bertz CT molecular complexity index is 921. The van der Waals surface area contributed by atoms with Crippen molar-refractivity contribution in [1.82, 2.24) is 0 Å². The highest BCUT2D eigenvalue weighted by molar-refractivity contribution is 7.80. The fourth-order valence-electron chi connectivity index (χ4n) is 6.56. The number of carbonyl (C=O) groups excluding carboxylic acids is 1. The SMILES string of the molecule is CCCCCCCCCCCCCCCCCCCCCCCCCCCOCC(COC1OC(CO)C(O)C(OS(=O)(=O)O)C1O)OC(C)=O. The maximum atomic E-state index is 11.6. The zero-order valence-corrected chi connectivity index (χ0v) is 32.7. The third-order valence-corrected chi connectivity index (χ3v) is 9.99. The van der Waals surface area contributed by atoms with Gasteiger partial charge in [0.1, 0.15) is 30.5 Å². The Morgan fingerprint density at radius 2 is 1.08 bits per heavy atom. The molecule has 0 bridgehead atoms. The van der Waals surface area contributed by atoms with E-state index < -0.39 is 59.8 Å². The van der Waals surface area contributed by atoms with E-state index in [2.05, 4.69) is 11.1 Å². The lowest BCUT2D eigenvalue weighted by Crippen LogP contribution is -2.60. The van der Waals surface area contributed by atoms with Crippen LogP contribution < -0.4 is 0 Å². The number of carbonyl (C=O) groups is 1. The highest BCUT2D eigenvalue weighted by Gasteiger charge is 2.48. The molecular formula is C38H74O12S. The predicted octanol–water partition coefficient (Wildman–Crippen LogP) is 7.35. The summed E-state index contributed by atoms with van der Waals surface area (Å²) in [5, 5.41) is 30.0. The van der Waals surface area contributed by atoms with E-state index in [9.17, 15) is 28.5 Å². The smallest absolute Gasteiger partial charge is 0.397 e. The number of rotatable bonds is 35. The second-order valence-electron chi connectivity index (χ2n) is 14.3. The minimum absolute atomic E-state index is 0.0266. The Hall–Kier alpha value is -0.900. The fourth-order valence-corrected chi connectivity index (χ4v) is 7.06. The molecule has 1 fully saturated rings. The van der Waals surface area contributed by atoms with Gasteiger partial charge in [-0.1, -0.05) is 161 Å². The maximum Gasteiger partial charge on any atom is 0.397 e. The summed E-state index contributed by atoms with van der Waals surface area (Å²) in [6.45, 7) is 2.99. The van der Waals surface area contributed by atoms with Gasteiger partial charge in [0.2, 0.25) is 0 Å². The first-order valence-corrected chi connectivity index (χ1v) is 21.6. The number of unbranched alkanes of at least 4 members (excludes halogenated alkanes) is 24. The van der Waals surface area contributed by atoms with Crippen LogP contribution in [0.2, 0.25) is 0 Å². The summed E-state index contributed by atoms with van der Waals surface area (Å²) >= 11 is 0. The number of aliphatic hydroxyl groups excluding tert-OH is 3. The molecule has 1 saturated heterocycles. The van der Waals surface area contributed by atoms with Crippen molar-refractivity contribution in [3.63, 3.8) is 0 Å². The quantitative estimate of drug-likeness (QED) is 0.0288. The highest BCUT2D eigenvalue weighted by Crippen LogP contribution is 2.26. The topological polar surface area (TPSA) is 178 Å². The van der Waals surface area contributed by atoms with Crippen LogP contribution in [0, 0.1) is 0 Å². The third kappa shape index (κ3) is 26.5. The first-order valence-electron chi connectivity index (χ1n) is 20.2. The van der Waals surface area contributed by atoms with Gasteiger partial charge in [0.15, 0.2) is 6.29 Å². The van der Waals surface area contributed by atoms with Crippen molar-refractivity contribution < 1.29 is 56.2 Å². The van der Waals surface area contributed by atoms with Crippen LogP contribution in [0.25, 0.3) is 0 Å². The molecule has 1 rings (SSSR count). The molecule has 0 radical (unpaired) electrons. The Kier molecular flexibility index (Phi) is 29.7. The van der Waals surface area contributed by atoms with Gasteiger partial charge in [-0.05, 0) is 6.42 Å². The lowest BCUT2D eigenvalue weighted by Gasteiger charge is -2.41. The van der Waals surface area contributed by atoms with E-state index in [1.165, 1.54) is 148 Å². The Morgan fingerprint density at radius 1 is 0.667 bits per heavy atom. The molecule has 51 heavy (non-hydrogen) atoms. The number of hydrogen-bond acceptors (Lipinski definition) is 11. The van der Waals surface area contributed by atoms with E-state index in [4.69, 9.17) is 23.5 Å². The Morgan fingerprint density at radius 3 is 1.45 bits per heavy atom. The molecule has 0 amide bonds. The lowest BCUT2D eigenvalue weighted by atomic mass is 9.99. The second kappa shape index (κ2) is 31.5. The molecule has 0 aromatic heterocycles. The fraction of sp³-hybridized carbons (Fsp3) is 0.974. The van der Waals surface area contributed by atoms with Gasteiger partial charge < -0.3 is 34.3 Å². The summed E-state index contributed by atoms with van der Waals surface area (Å²) in [6, 6.07) is 0. The van der Waals surface area contributed by atoms with E-state index in [0.717, 1.165) is 19.3 Å². The van der Waals surface area contributed by atoms with Crippen LogP contribution in [-0.4, -0.2) is 97.5 Å². The zero-order valence-electron chi connectivity index (χ0n) is 31.9. The predicted molar refractivity (Wildman–Crippen MR) is 198 cm³/mol. The average Bonchev–Trinajstić information content (AvgIpc) is 3.08. The maximum absolute atomic E-state index is 11.6. The van der Waals surface area contributed by atoms with Gasteiger partial charge in [-0.3, -0.25) is 9.35 Å². The van der Waals surface area contributed by atoms with Gasteiger partial charge in [0, 0.05) is 13.5 Å². The van der Waals surface area contributed by atoms with Gasteiger partial charge in [-0.15, -0.1) is 0 Å². The summed E-state index contributed by atoms with van der Waals surface area (Å²) in [7, 11) is -5.03. The summed E-state index contributed by atoms with van der Waals surface area (Å²) < 4.78 is 57.4. The number of hydrogen-bond donors (Lipinski definition) is 4. The molecule has 4 N–H and O–H groups in total. The number of esters is 1. The molecule has 6 atom stereocenters. The van der Waals surface area contributed by atoms with Gasteiger partial charge in [-0.2, -0.15) is 8.42 Å². The van der Waals surface area contributed by atoms with E-state index >= 15 is 0 Å². The molecular weight excluding hydrogens is 680 g/mol. The highest BCUT2D eigenvalue weighted by atomic mass is 32.3. The first-order chi connectivity index (χ1) is 24.6. The number of aliphatic hydroxyl groups is 3. The Labute approximate surface area is 309 Å². The molecule has 1 aliphatic rings. The summed E-state index contributed by atoms with van der Waals surface area (Å²) in [6.07, 6.45) is 24.2. The molecule has 1 aliphatic heterocycles. The van der Waals surface area contributed by atoms with E-state index in [-0.39, 0.29) is 13.2 Å². The second-order valence-corrected chi connectivity index (χ2v) is 15.4. The van der Waals surface area contributed by atoms with Crippen LogP contribution in [0.1, 0.15) is 174 Å². The van der Waals surface area contributed by atoms with Gasteiger partial charge in [0.05, 0.1) is 19.8 Å². The average molecular weight is 755 g/mol. The van der Waals surface area contributed by atoms with E-state index in [0.29, 0.717) is 6.61 Å². The normalized spacial score (nSPS) is 21.6. The van der Waals surface area contributed by atoms with Gasteiger partial charge in [0.25, 0.3) is 0 Å². The molecule has 13 heteroatoms. The van der Waals surface area contributed by atoms with Crippen molar-refractivity contribution in [2.75, 3.05) is 26.4 Å². The Balaban J connectivity index is 1.99. The van der Waals surface area contributed by atoms with Crippen molar-refractivity contribution in [1.29, 1.82) is 0 Å². The minimum Gasteiger partial charge on any atom is -0.458 e. The summed E-state index contributed by atoms with van der Waals surface area (Å²) in [4.78, 5) is 11.6. The third-order valence-electron chi connectivity index (χ3n) is 9.53. The standard InChI is InChI=1S/C38H74O12S/c1-3-4-5-6-7-8-9-10-11-12-13-14-15-16-17-18-19-20-21-22-23-24-25-26-27-28-46-30-33(48-32(2)40)31-47-38-36(42)37(50-51(43,44)45)35(41)34(29-39)49-38/h33-39,41-42H,3-31H2,1-2H3,(H,43,44,45). The molecule has 0 aliphatic carbocycles. The number of ether oxygens (including phenoxy) is 4. The molecule has 0 aromatic carbocycles. The molecule has 0 spiro atoms. The monoisotopic (exact) mass is 754 g/mol. The molecule has 6 unspecified atom stereocenters. The van der Waals surface area contributed by atoms with Crippen LogP contribution in [0.4, 0.5) is 0 Å². The van der Waals surface area contributed by atoms with Gasteiger partial charge in [-0.25, -0.2) is 4.18 Å².